The van der Waals surface area contributed by atoms with Crippen LogP contribution in [0.4, 0.5) is 4.79 Å². The molecule has 0 aromatic heterocycles. The van der Waals surface area contributed by atoms with Crippen LogP contribution in [-0.4, -0.2) is 30.6 Å². The first kappa shape index (κ1) is 31.0. The predicted octanol–water partition coefficient (Wildman–Crippen LogP) is 7.90. The van der Waals surface area contributed by atoms with E-state index in [1.807, 2.05) is 20.8 Å². The van der Waals surface area contributed by atoms with E-state index in [1.165, 1.54) is 6.42 Å². The second-order valence-electron chi connectivity index (χ2n) is 10.5. The summed E-state index contributed by atoms with van der Waals surface area (Å²) in [5.41, 5.74) is -0.864. The molecule has 0 aromatic rings. The van der Waals surface area contributed by atoms with Gasteiger partial charge in [-0.25, -0.2) is 4.79 Å². The van der Waals surface area contributed by atoms with Gasteiger partial charge in [0.05, 0.1) is 6.10 Å². The molecule has 192 valence electrons. The van der Waals surface area contributed by atoms with Crippen molar-refractivity contribution < 1.29 is 28.5 Å². The standard InChI is InChI=1S/C14H24O3.C10H16O3.C3H8/c1-7-11(8-13(3,4)5)9-14(6)10(2)16-12(15)17-14;1-7(11-5)6-10(4)8(2)12-9(3)13-10;1-3-2/h11H,2,7-9H2,1,3-6H3;7H,2-3,6H2,1,4-5H3;3H2,1-2H3. The maximum absolute atomic E-state index is 11.1. The minimum Gasteiger partial charge on any atom is -0.451 e. The molecular formula is C27H48O6. The van der Waals surface area contributed by atoms with Gasteiger partial charge in [0.1, 0.15) is 11.5 Å². The minimum absolute atomic E-state index is 0.108. The Kier molecular flexibility index (Phi) is 12.3. The fourth-order valence-corrected chi connectivity index (χ4v) is 3.77. The van der Waals surface area contributed by atoms with Crippen LogP contribution < -0.4 is 0 Å². The number of cyclic esters (lactones) is 2. The van der Waals surface area contributed by atoms with Crippen molar-refractivity contribution >= 4 is 6.16 Å². The van der Waals surface area contributed by atoms with Gasteiger partial charge < -0.3 is 23.7 Å². The molecule has 0 saturated carbocycles. The summed E-state index contributed by atoms with van der Waals surface area (Å²) in [7, 11) is 1.67. The zero-order valence-electron chi connectivity index (χ0n) is 22.8. The lowest BCUT2D eigenvalue weighted by Crippen LogP contribution is -2.30. The lowest BCUT2D eigenvalue weighted by atomic mass is 9.78. The van der Waals surface area contributed by atoms with Crippen molar-refractivity contribution in [2.45, 2.75) is 112 Å². The van der Waals surface area contributed by atoms with Crippen LogP contribution in [0.25, 0.3) is 0 Å². The fraction of sp³-hybridized carbons (Fsp3) is 0.741. The number of hydrogen-bond acceptors (Lipinski definition) is 6. The molecule has 2 aliphatic rings. The highest BCUT2D eigenvalue weighted by atomic mass is 16.8. The molecule has 0 radical (unpaired) electrons. The average molecular weight is 469 g/mol. The van der Waals surface area contributed by atoms with Gasteiger partial charge in [0.15, 0.2) is 11.2 Å². The first-order valence-corrected chi connectivity index (χ1v) is 11.9. The summed E-state index contributed by atoms with van der Waals surface area (Å²) in [4.78, 5) is 11.1. The SMILES string of the molecule is C=C1OC(=C)C(C)(CC(C)OC)O1.C=C1OC(=O)OC1(C)CC(CC)CC(C)(C)C.CCC. The zero-order valence-corrected chi connectivity index (χ0v) is 22.8. The number of rotatable bonds is 7. The third-order valence-electron chi connectivity index (χ3n) is 5.51. The second-order valence-corrected chi connectivity index (χ2v) is 10.5. The van der Waals surface area contributed by atoms with Gasteiger partial charge in [0.25, 0.3) is 5.95 Å². The maximum Gasteiger partial charge on any atom is 0.514 e. The van der Waals surface area contributed by atoms with Crippen molar-refractivity contribution in [2.75, 3.05) is 7.11 Å². The van der Waals surface area contributed by atoms with Gasteiger partial charge in [-0.2, -0.15) is 0 Å². The van der Waals surface area contributed by atoms with E-state index in [9.17, 15) is 4.79 Å². The van der Waals surface area contributed by atoms with Crippen LogP contribution in [0, 0.1) is 11.3 Å². The van der Waals surface area contributed by atoms with Crippen LogP contribution in [0.2, 0.25) is 0 Å². The Hall–Kier alpha value is -1.95. The van der Waals surface area contributed by atoms with E-state index < -0.39 is 17.4 Å². The van der Waals surface area contributed by atoms with Crippen LogP contribution in [0.3, 0.4) is 0 Å². The van der Waals surface area contributed by atoms with Crippen molar-refractivity contribution in [1.82, 2.24) is 0 Å². The van der Waals surface area contributed by atoms with Gasteiger partial charge >= 0.3 is 6.16 Å². The quantitative estimate of drug-likeness (QED) is 0.354. The van der Waals surface area contributed by atoms with Crippen LogP contribution in [0.1, 0.15) is 94.4 Å². The molecule has 0 bridgehead atoms. The molecule has 2 aliphatic heterocycles. The Morgan fingerprint density at radius 2 is 1.42 bits per heavy atom. The van der Waals surface area contributed by atoms with E-state index in [1.54, 1.807) is 7.11 Å². The average Bonchev–Trinajstić information content (AvgIpc) is 3.06. The van der Waals surface area contributed by atoms with E-state index in [-0.39, 0.29) is 11.5 Å². The number of carbonyl (C=O) groups excluding carboxylic acids is 1. The molecule has 33 heavy (non-hydrogen) atoms. The largest absolute Gasteiger partial charge is 0.514 e. The molecule has 6 nitrogen and oxygen atoms in total. The zero-order chi connectivity index (χ0) is 26.0. The molecule has 4 atom stereocenters. The van der Waals surface area contributed by atoms with Gasteiger partial charge in [-0.1, -0.05) is 67.5 Å². The van der Waals surface area contributed by atoms with E-state index in [4.69, 9.17) is 23.7 Å². The van der Waals surface area contributed by atoms with Crippen molar-refractivity contribution in [2.24, 2.45) is 11.3 Å². The second kappa shape index (κ2) is 13.1. The van der Waals surface area contributed by atoms with Gasteiger partial charge in [0, 0.05) is 13.5 Å². The van der Waals surface area contributed by atoms with E-state index >= 15 is 0 Å². The Labute approximate surface area is 202 Å². The van der Waals surface area contributed by atoms with E-state index in [0.29, 0.717) is 29.8 Å². The first-order valence-electron chi connectivity index (χ1n) is 11.9. The summed E-state index contributed by atoms with van der Waals surface area (Å²) in [5.74, 6) is 1.86. The Bertz CT molecular complexity index is 677. The molecule has 0 aromatic carbocycles. The van der Waals surface area contributed by atoms with Crippen molar-refractivity contribution in [3.05, 3.63) is 37.2 Å². The smallest absolute Gasteiger partial charge is 0.451 e. The Morgan fingerprint density at radius 3 is 1.76 bits per heavy atom. The summed E-state index contributed by atoms with van der Waals surface area (Å²) >= 11 is 0. The first-order chi connectivity index (χ1) is 15.1. The molecule has 6 heteroatoms. The molecule has 0 amide bonds. The molecule has 0 N–H and O–H groups in total. The Balaban J connectivity index is 0.000000569. The summed E-state index contributed by atoms with van der Waals surface area (Å²) in [5, 5.41) is 0. The van der Waals surface area contributed by atoms with Crippen LogP contribution in [-0.2, 0) is 23.7 Å². The highest BCUT2D eigenvalue weighted by Crippen LogP contribution is 2.39. The van der Waals surface area contributed by atoms with Gasteiger partial charge in [-0.05, 0) is 51.5 Å². The van der Waals surface area contributed by atoms with E-state index in [2.05, 4.69) is 61.3 Å². The molecule has 2 saturated heterocycles. The lowest BCUT2D eigenvalue weighted by Gasteiger charge is -2.30. The van der Waals surface area contributed by atoms with Crippen molar-refractivity contribution in [1.29, 1.82) is 0 Å². The lowest BCUT2D eigenvalue weighted by molar-refractivity contribution is 0.0114. The highest BCUT2D eigenvalue weighted by molar-refractivity contribution is 5.66. The monoisotopic (exact) mass is 468 g/mol. The number of carbonyl (C=O) groups is 1. The molecule has 2 rings (SSSR count). The number of methoxy groups -OCH3 is 1. The molecule has 0 aliphatic carbocycles. The Morgan fingerprint density at radius 1 is 0.939 bits per heavy atom. The third-order valence-corrected chi connectivity index (χ3v) is 5.51. The van der Waals surface area contributed by atoms with Crippen molar-refractivity contribution in [3.8, 4) is 0 Å². The summed E-state index contributed by atoms with van der Waals surface area (Å²) in [6.07, 6.45) is 4.40. The van der Waals surface area contributed by atoms with Gasteiger partial charge in [-0.15, -0.1) is 0 Å². The molecule has 2 fully saturated rings. The maximum atomic E-state index is 11.1. The van der Waals surface area contributed by atoms with Crippen LogP contribution >= 0.6 is 0 Å². The van der Waals surface area contributed by atoms with Gasteiger partial charge in [0.2, 0.25) is 0 Å². The summed E-state index contributed by atoms with van der Waals surface area (Å²) in [6.45, 7) is 30.0. The summed E-state index contributed by atoms with van der Waals surface area (Å²) in [6, 6.07) is 0. The third kappa shape index (κ3) is 10.7. The molecular weight excluding hydrogens is 420 g/mol. The van der Waals surface area contributed by atoms with E-state index in [0.717, 1.165) is 19.3 Å². The topological polar surface area (TPSA) is 63.2 Å². The highest BCUT2D eigenvalue weighted by Gasteiger charge is 2.44. The molecule has 2 heterocycles. The van der Waals surface area contributed by atoms with Crippen molar-refractivity contribution in [3.63, 3.8) is 0 Å². The van der Waals surface area contributed by atoms with Crippen LogP contribution in [0.5, 0.6) is 0 Å². The normalized spacial score (nSPS) is 26.0. The minimum atomic E-state index is -0.650. The number of ether oxygens (including phenoxy) is 5. The number of hydrogen-bond donors (Lipinski definition) is 0. The van der Waals surface area contributed by atoms with Crippen LogP contribution in [0.15, 0.2) is 37.2 Å². The van der Waals surface area contributed by atoms with Gasteiger partial charge in [-0.3, -0.25) is 0 Å². The molecule has 0 spiro atoms. The summed E-state index contributed by atoms with van der Waals surface area (Å²) < 4.78 is 25.9. The molecule has 4 unspecified atom stereocenters. The fourth-order valence-electron chi connectivity index (χ4n) is 3.77. The predicted molar refractivity (Wildman–Crippen MR) is 133 cm³/mol.